The van der Waals surface area contributed by atoms with Gasteiger partial charge in [0.1, 0.15) is 5.76 Å². The van der Waals surface area contributed by atoms with E-state index in [-0.39, 0.29) is 24.5 Å². The Bertz CT molecular complexity index is 935. The zero-order valence-electron chi connectivity index (χ0n) is 16.9. The first-order valence-electron chi connectivity index (χ1n) is 10.4. The number of carbonyl (C=O) groups excluding carboxylic acids is 1. The van der Waals surface area contributed by atoms with Crippen molar-refractivity contribution in [1.29, 1.82) is 0 Å². The molecule has 1 amide bonds. The van der Waals surface area contributed by atoms with Gasteiger partial charge >= 0.3 is 0 Å². The van der Waals surface area contributed by atoms with Crippen LogP contribution >= 0.6 is 0 Å². The van der Waals surface area contributed by atoms with E-state index in [1.807, 2.05) is 49.4 Å². The number of hydrogen-bond acceptors (Lipinski definition) is 3. The smallest absolute Gasteiger partial charge is 0.234 e. The van der Waals surface area contributed by atoms with Crippen molar-refractivity contribution in [2.24, 2.45) is 0 Å². The number of amides is 1. The van der Waals surface area contributed by atoms with Crippen LogP contribution in [0.4, 0.5) is 0 Å². The van der Waals surface area contributed by atoms with E-state index in [9.17, 15) is 4.79 Å². The van der Waals surface area contributed by atoms with Crippen LogP contribution in [0.3, 0.4) is 0 Å². The Hall–Kier alpha value is -2.85. The molecule has 0 unspecified atom stereocenters. The Morgan fingerprint density at radius 1 is 0.966 bits per heavy atom. The van der Waals surface area contributed by atoms with Crippen molar-refractivity contribution in [3.63, 3.8) is 0 Å². The van der Waals surface area contributed by atoms with Crippen LogP contribution in [0.1, 0.15) is 59.9 Å². The van der Waals surface area contributed by atoms with E-state index in [4.69, 9.17) is 4.42 Å². The molecule has 2 aromatic carbocycles. The zero-order chi connectivity index (χ0) is 20.1. The molecule has 0 spiro atoms. The Morgan fingerprint density at radius 2 is 1.76 bits per heavy atom. The summed E-state index contributed by atoms with van der Waals surface area (Å²) in [6, 6.07) is 20.3. The Morgan fingerprint density at radius 3 is 2.52 bits per heavy atom. The highest BCUT2D eigenvalue weighted by Gasteiger charge is 2.19. The summed E-state index contributed by atoms with van der Waals surface area (Å²) in [6.45, 7) is 2.26. The molecule has 2 atom stereocenters. The number of rotatable bonds is 7. The van der Waals surface area contributed by atoms with E-state index in [0.717, 1.165) is 17.7 Å². The maximum atomic E-state index is 12.6. The minimum absolute atomic E-state index is 0.0182. The number of nitrogens with one attached hydrogen (secondary N) is 2. The SMILES string of the molecule is C[C@@H](NC(=O)CN[C@H](c1ccccc1)c1ccco1)c1ccc2c(c1)CCCC2. The molecule has 1 aromatic heterocycles. The van der Waals surface area contributed by atoms with Gasteiger partial charge in [-0.05, 0) is 67.0 Å². The van der Waals surface area contributed by atoms with Gasteiger partial charge in [0.05, 0.1) is 24.9 Å². The number of benzene rings is 2. The quantitative estimate of drug-likeness (QED) is 0.616. The van der Waals surface area contributed by atoms with Crippen LogP contribution in [0.25, 0.3) is 0 Å². The van der Waals surface area contributed by atoms with E-state index in [1.165, 1.54) is 36.0 Å². The molecule has 4 heteroatoms. The van der Waals surface area contributed by atoms with E-state index in [0.29, 0.717) is 0 Å². The van der Waals surface area contributed by atoms with E-state index in [2.05, 4.69) is 28.8 Å². The van der Waals surface area contributed by atoms with Crippen molar-refractivity contribution in [3.8, 4) is 0 Å². The summed E-state index contributed by atoms with van der Waals surface area (Å²) in [6.07, 6.45) is 6.52. The third kappa shape index (κ3) is 4.77. The fraction of sp³-hybridized carbons (Fsp3) is 0.320. The van der Waals surface area contributed by atoms with Gasteiger partial charge in [0.15, 0.2) is 0 Å². The monoisotopic (exact) mass is 388 g/mol. The van der Waals surface area contributed by atoms with Crippen LogP contribution in [-0.2, 0) is 17.6 Å². The number of carbonyl (C=O) groups is 1. The van der Waals surface area contributed by atoms with Crippen molar-refractivity contribution in [1.82, 2.24) is 10.6 Å². The third-order valence-corrected chi connectivity index (χ3v) is 5.68. The lowest BCUT2D eigenvalue weighted by Crippen LogP contribution is -2.37. The molecule has 3 aromatic rings. The molecule has 4 rings (SSSR count). The molecule has 0 bridgehead atoms. The molecule has 29 heavy (non-hydrogen) atoms. The van der Waals surface area contributed by atoms with Gasteiger partial charge in [-0.2, -0.15) is 0 Å². The fourth-order valence-corrected chi connectivity index (χ4v) is 4.08. The molecule has 150 valence electrons. The minimum atomic E-state index is -0.156. The molecule has 1 aliphatic rings. The van der Waals surface area contributed by atoms with Crippen LogP contribution < -0.4 is 10.6 Å². The summed E-state index contributed by atoms with van der Waals surface area (Å²) < 4.78 is 5.59. The van der Waals surface area contributed by atoms with Crippen LogP contribution in [0.2, 0.25) is 0 Å². The maximum absolute atomic E-state index is 12.6. The van der Waals surface area contributed by atoms with E-state index >= 15 is 0 Å². The highest BCUT2D eigenvalue weighted by atomic mass is 16.3. The topological polar surface area (TPSA) is 54.3 Å². The van der Waals surface area contributed by atoms with Crippen LogP contribution in [-0.4, -0.2) is 12.5 Å². The molecule has 2 N–H and O–H groups in total. The summed E-state index contributed by atoms with van der Waals surface area (Å²) in [5.41, 5.74) is 5.14. The molecular formula is C25H28N2O2. The van der Waals surface area contributed by atoms with Gasteiger partial charge in [-0.3, -0.25) is 10.1 Å². The molecule has 0 saturated carbocycles. The molecule has 0 fully saturated rings. The zero-order valence-corrected chi connectivity index (χ0v) is 16.9. The molecule has 0 saturated heterocycles. The Kier molecular flexibility index (Phi) is 6.11. The third-order valence-electron chi connectivity index (χ3n) is 5.68. The molecule has 4 nitrogen and oxygen atoms in total. The second-order valence-corrected chi connectivity index (χ2v) is 7.76. The van der Waals surface area contributed by atoms with Crippen molar-refractivity contribution >= 4 is 5.91 Å². The summed E-state index contributed by atoms with van der Waals surface area (Å²) in [4.78, 5) is 12.6. The standard InChI is InChI=1S/C25H28N2O2/c1-18(21-14-13-19-8-5-6-11-22(19)16-21)27-24(28)17-26-25(23-12-7-15-29-23)20-9-3-2-4-10-20/h2-4,7,9-10,12-16,18,25-26H,5-6,8,11,17H2,1H3,(H,27,28)/t18-,25-/m1/s1. The van der Waals surface area contributed by atoms with Gasteiger partial charge in [-0.15, -0.1) is 0 Å². The Balaban J connectivity index is 1.38. The second-order valence-electron chi connectivity index (χ2n) is 7.76. The number of furan rings is 1. The van der Waals surface area contributed by atoms with Crippen LogP contribution in [0.15, 0.2) is 71.3 Å². The number of fused-ring (bicyclic) bond motifs is 1. The van der Waals surface area contributed by atoms with Crippen LogP contribution in [0, 0.1) is 0 Å². The first kappa shape index (κ1) is 19.5. The molecule has 0 aliphatic heterocycles. The second kappa shape index (κ2) is 9.10. The summed E-state index contributed by atoms with van der Waals surface area (Å²) in [5, 5.41) is 6.46. The summed E-state index contributed by atoms with van der Waals surface area (Å²) >= 11 is 0. The largest absolute Gasteiger partial charge is 0.467 e. The van der Waals surface area contributed by atoms with Gasteiger partial charge in [-0.1, -0.05) is 48.5 Å². The fourth-order valence-electron chi connectivity index (χ4n) is 4.08. The van der Waals surface area contributed by atoms with Crippen molar-refractivity contribution in [3.05, 3.63) is 94.9 Å². The van der Waals surface area contributed by atoms with Gasteiger partial charge in [-0.25, -0.2) is 0 Å². The lowest BCUT2D eigenvalue weighted by Gasteiger charge is -2.21. The molecule has 1 heterocycles. The highest BCUT2D eigenvalue weighted by molar-refractivity contribution is 5.78. The summed E-state index contributed by atoms with van der Waals surface area (Å²) in [7, 11) is 0. The lowest BCUT2D eigenvalue weighted by atomic mass is 9.89. The van der Waals surface area contributed by atoms with Gasteiger partial charge in [0.25, 0.3) is 0 Å². The first-order valence-corrected chi connectivity index (χ1v) is 10.4. The maximum Gasteiger partial charge on any atom is 0.234 e. The lowest BCUT2D eigenvalue weighted by molar-refractivity contribution is -0.121. The van der Waals surface area contributed by atoms with Crippen molar-refractivity contribution in [2.75, 3.05) is 6.54 Å². The number of aryl methyl sites for hydroxylation is 2. The van der Waals surface area contributed by atoms with Crippen LogP contribution in [0.5, 0.6) is 0 Å². The van der Waals surface area contributed by atoms with Gasteiger partial charge < -0.3 is 9.73 Å². The van der Waals surface area contributed by atoms with E-state index in [1.54, 1.807) is 6.26 Å². The highest BCUT2D eigenvalue weighted by Crippen LogP contribution is 2.25. The normalized spacial score (nSPS) is 15.3. The van der Waals surface area contributed by atoms with Crippen molar-refractivity contribution < 1.29 is 9.21 Å². The van der Waals surface area contributed by atoms with E-state index < -0.39 is 0 Å². The predicted octanol–water partition coefficient (Wildman–Crippen LogP) is 4.71. The minimum Gasteiger partial charge on any atom is -0.467 e. The first-order chi connectivity index (χ1) is 14.2. The average molecular weight is 389 g/mol. The molecule has 0 radical (unpaired) electrons. The number of hydrogen-bond donors (Lipinski definition) is 2. The van der Waals surface area contributed by atoms with Gasteiger partial charge in [0, 0.05) is 0 Å². The predicted molar refractivity (Wildman–Crippen MR) is 115 cm³/mol. The molecular weight excluding hydrogens is 360 g/mol. The average Bonchev–Trinajstić information content (AvgIpc) is 3.29. The molecule has 1 aliphatic carbocycles. The van der Waals surface area contributed by atoms with Gasteiger partial charge in [0.2, 0.25) is 5.91 Å². The van der Waals surface area contributed by atoms with Crippen molar-refractivity contribution in [2.45, 2.75) is 44.7 Å². The Labute approximate surface area is 172 Å². The summed E-state index contributed by atoms with van der Waals surface area (Å²) in [5.74, 6) is 0.773.